The summed E-state index contributed by atoms with van der Waals surface area (Å²) < 4.78 is 1.85. The van der Waals surface area contributed by atoms with E-state index in [1.165, 1.54) is 25.7 Å². The second-order valence-electron chi connectivity index (χ2n) is 6.19. The molecule has 7 nitrogen and oxygen atoms in total. The zero-order valence-corrected chi connectivity index (χ0v) is 13.2. The van der Waals surface area contributed by atoms with E-state index in [4.69, 9.17) is 0 Å². The minimum absolute atomic E-state index is 0.222. The Balaban J connectivity index is 2.07. The number of hydrogen-bond donors (Lipinski definition) is 1. The van der Waals surface area contributed by atoms with Gasteiger partial charge >= 0.3 is 0 Å². The number of anilines is 2. The van der Waals surface area contributed by atoms with Crippen LogP contribution in [-0.2, 0) is 0 Å². The maximum absolute atomic E-state index is 4.62. The Hall–Kier alpha value is -1.92. The van der Waals surface area contributed by atoms with Crippen molar-refractivity contribution >= 4 is 22.9 Å². The van der Waals surface area contributed by atoms with Crippen molar-refractivity contribution in [2.45, 2.75) is 51.6 Å². The molecule has 1 aliphatic rings. The van der Waals surface area contributed by atoms with Gasteiger partial charge in [-0.1, -0.05) is 18.1 Å². The van der Waals surface area contributed by atoms with Gasteiger partial charge in [-0.15, -0.1) is 5.10 Å². The molecule has 0 atom stereocenters. The van der Waals surface area contributed by atoms with Crippen LogP contribution in [-0.4, -0.2) is 45.1 Å². The van der Waals surface area contributed by atoms with Gasteiger partial charge in [0.05, 0.1) is 6.04 Å². The van der Waals surface area contributed by atoms with Gasteiger partial charge < -0.3 is 10.2 Å². The summed E-state index contributed by atoms with van der Waals surface area (Å²) in [6.07, 6.45) is 4.96. The monoisotopic (exact) mass is 289 g/mol. The average Bonchev–Trinajstić information content (AvgIpc) is 3.06. The van der Waals surface area contributed by atoms with E-state index < -0.39 is 0 Å². The number of fused-ring (bicyclic) bond motifs is 1. The number of nitrogens with one attached hydrogen (secondary N) is 1. The molecule has 1 aliphatic carbocycles. The van der Waals surface area contributed by atoms with Crippen LogP contribution < -0.4 is 10.2 Å². The molecule has 0 saturated heterocycles. The molecule has 3 rings (SSSR count). The van der Waals surface area contributed by atoms with Crippen LogP contribution in [0.4, 0.5) is 11.8 Å². The zero-order valence-electron chi connectivity index (χ0n) is 13.2. The fraction of sp³-hybridized carbons (Fsp3) is 0.714. The van der Waals surface area contributed by atoms with Crippen LogP contribution in [0.25, 0.3) is 11.2 Å². The first-order chi connectivity index (χ1) is 10.1. The number of aromatic nitrogens is 5. The third kappa shape index (κ3) is 2.64. The molecule has 7 heteroatoms. The molecular weight excluding hydrogens is 266 g/mol. The minimum Gasteiger partial charge on any atom is -0.365 e. The van der Waals surface area contributed by atoms with Gasteiger partial charge in [-0.2, -0.15) is 9.97 Å². The first kappa shape index (κ1) is 14.0. The van der Waals surface area contributed by atoms with Crippen LogP contribution in [0.2, 0.25) is 0 Å². The quantitative estimate of drug-likeness (QED) is 0.930. The van der Waals surface area contributed by atoms with Crippen LogP contribution in [0, 0.1) is 0 Å². The summed E-state index contributed by atoms with van der Waals surface area (Å²) in [4.78, 5) is 11.1. The molecule has 2 heterocycles. The van der Waals surface area contributed by atoms with Crippen LogP contribution in [0.5, 0.6) is 0 Å². The molecule has 21 heavy (non-hydrogen) atoms. The van der Waals surface area contributed by atoms with Gasteiger partial charge in [-0.3, -0.25) is 0 Å². The molecule has 0 bridgehead atoms. The lowest BCUT2D eigenvalue weighted by atomic mass is 10.2. The summed E-state index contributed by atoms with van der Waals surface area (Å²) in [7, 11) is 3.90. The lowest BCUT2D eigenvalue weighted by molar-refractivity contribution is 0.526. The van der Waals surface area contributed by atoms with Crippen molar-refractivity contribution in [1.82, 2.24) is 25.0 Å². The molecular formula is C14H23N7. The lowest BCUT2D eigenvalue weighted by Gasteiger charge is -2.16. The van der Waals surface area contributed by atoms with E-state index in [1.54, 1.807) is 0 Å². The molecule has 1 saturated carbocycles. The number of nitrogens with zero attached hydrogens (tertiary/aromatic N) is 6. The third-order valence-corrected chi connectivity index (χ3v) is 3.90. The summed E-state index contributed by atoms with van der Waals surface area (Å²) >= 11 is 0. The van der Waals surface area contributed by atoms with Gasteiger partial charge in [0, 0.05) is 20.1 Å². The Kier molecular flexibility index (Phi) is 3.65. The Morgan fingerprint density at radius 1 is 1.19 bits per heavy atom. The zero-order chi connectivity index (χ0) is 15.0. The van der Waals surface area contributed by atoms with E-state index in [9.17, 15) is 0 Å². The smallest absolute Gasteiger partial charge is 0.228 e. The average molecular weight is 289 g/mol. The van der Waals surface area contributed by atoms with Gasteiger partial charge in [-0.25, -0.2) is 4.68 Å². The SMILES string of the molecule is CC(C)n1nnc2c(NC3CCCC3)nc(N(C)C)nc21. The van der Waals surface area contributed by atoms with Gasteiger partial charge in [0.2, 0.25) is 5.95 Å². The second-order valence-corrected chi connectivity index (χ2v) is 6.19. The van der Waals surface area contributed by atoms with Crippen LogP contribution in [0.1, 0.15) is 45.6 Å². The number of rotatable bonds is 4. The molecule has 114 valence electrons. The third-order valence-electron chi connectivity index (χ3n) is 3.90. The molecule has 0 aliphatic heterocycles. The topological polar surface area (TPSA) is 71.8 Å². The minimum atomic E-state index is 0.222. The summed E-state index contributed by atoms with van der Waals surface area (Å²) in [5.74, 6) is 1.50. The summed E-state index contributed by atoms with van der Waals surface area (Å²) in [5, 5.41) is 12.1. The highest BCUT2D eigenvalue weighted by molar-refractivity contribution is 5.83. The lowest BCUT2D eigenvalue weighted by Crippen LogP contribution is -2.19. The maximum atomic E-state index is 4.62. The molecule has 1 fully saturated rings. The Morgan fingerprint density at radius 2 is 1.90 bits per heavy atom. The fourth-order valence-electron chi connectivity index (χ4n) is 2.73. The molecule has 0 unspecified atom stereocenters. The van der Waals surface area contributed by atoms with Gasteiger partial charge in [0.1, 0.15) is 0 Å². The predicted molar refractivity (Wildman–Crippen MR) is 83.7 cm³/mol. The predicted octanol–water partition coefficient (Wildman–Crippen LogP) is 2.22. The normalized spacial score (nSPS) is 16.0. The van der Waals surface area contributed by atoms with E-state index in [0.717, 1.165) is 17.0 Å². The van der Waals surface area contributed by atoms with Gasteiger partial charge in [0.15, 0.2) is 17.0 Å². The fourth-order valence-corrected chi connectivity index (χ4v) is 2.73. The molecule has 2 aromatic heterocycles. The van der Waals surface area contributed by atoms with E-state index >= 15 is 0 Å². The van der Waals surface area contributed by atoms with E-state index in [0.29, 0.717) is 12.0 Å². The second kappa shape index (κ2) is 5.46. The molecule has 0 amide bonds. The maximum Gasteiger partial charge on any atom is 0.228 e. The van der Waals surface area contributed by atoms with Crippen molar-refractivity contribution < 1.29 is 0 Å². The van der Waals surface area contributed by atoms with Crippen molar-refractivity contribution in [2.75, 3.05) is 24.3 Å². The van der Waals surface area contributed by atoms with Crippen molar-refractivity contribution in [3.05, 3.63) is 0 Å². The molecule has 1 N–H and O–H groups in total. The van der Waals surface area contributed by atoms with Crippen molar-refractivity contribution in [3.8, 4) is 0 Å². The first-order valence-electron chi connectivity index (χ1n) is 7.63. The molecule has 2 aromatic rings. The van der Waals surface area contributed by atoms with Crippen molar-refractivity contribution in [2.24, 2.45) is 0 Å². The first-order valence-corrected chi connectivity index (χ1v) is 7.63. The van der Waals surface area contributed by atoms with Crippen LogP contribution in [0.3, 0.4) is 0 Å². The van der Waals surface area contributed by atoms with E-state index in [-0.39, 0.29) is 6.04 Å². The van der Waals surface area contributed by atoms with E-state index in [2.05, 4.69) is 39.4 Å². The molecule has 0 spiro atoms. The van der Waals surface area contributed by atoms with Gasteiger partial charge in [-0.05, 0) is 26.7 Å². The Labute approximate surface area is 124 Å². The summed E-state index contributed by atoms with van der Waals surface area (Å²) in [5.41, 5.74) is 1.56. The van der Waals surface area contributed by atoms with Crippen molar-refractivity contribution in [1.29, 1.82) is 0 Å². The molecule has 0 radical (unpaired) electrons. The van der Waals surface area contributed by atoms with Crippen LogP contribution >= 0.6 is 0 Å². The Bertz CT molecular complexity index is 626. The standard InChI is InChI=1S/C14H23N7/c1-9(2)21-13-11(18-19-21)12(15-10-7-5-6-8-10)16-14(17-13)20(3)4/h9-10H,5-8H2,1-4H3,(H,15,16,17). The van der Waals surface area contributed by atoms with E-state index in [1.807, 2.05) is 23.7 Å². The Morgan fingerprint density at radius 3 is 2.52 bits per heavy atom. The highest BCUT2D eigenvalue weighted by Gasteiger charge is 2.21. The van der Waals surface area contributed by atoms with Gasteiger partial charge in [0.25, 0.3) is 0 Å². The molecule has 0 aromatic carbocycles. The highest BCUT2D eigenvalue weighted by Crippen LogP contribution is 2.27. The largest absolute Gasteiger partial charge is 0.365 e. The highest BCUT2D eigenvalue weighted by atomic mass is 15.5. The number of hydrogen-bond acceptors (Lipinski definition) is 6. The van der Waals surface area contributed by atoms with Crippen LogP contribution in [0.15, 0.2) is 0 Å². The van der Waals surface area contributed by atoms with Crippen molar-refractivity contribution in [3.63, 3.8) is 0 Å². The summed E-state index contributed by atoms with van der Waals surface area (Å²) in [6, 6.07) is 0.710. The summed E-state index contributed by atoms with van der Waals surface area (Å²) in [6.45, 7) is 4.16.